The zero-order chi connectivity index (χ0) is 11.4. The number of hydrogen-bond donors (Lipinski definition) is 1. The molecule has 16 heavy (non-hydrogen) atoms. The van der Waals surface area contributed by atoms with Crippen molar-refractivity contribution in [2.24, 2.45) is 7.05 Å². The lowest BCUT2D eigenvalue weighted by atomic mass is 10.2. The van der Waals surface area contributed by atoms with Gasteiger partial charge >= 0.3 is 0 Å². The van der Waals surface area contributed by atoms with Gasteiger partial charge < -0.3 is 5.32 Å². The molecule has 1 amide bonds. The van der Waals surface area contributed by atoms with Gasteiger partial charge in [-0.05, 0) is 12.1 Å². The van der Waals surface area contributed by atoms with Crippen LogP contribution in [0.2, 0.25) is 0 Å². The van der Waals surface area contributed by atoms with Gasteiger partial charge in [0.25, 0.3) is 5.91 Å². The molecule has 82 valence electrons. The Morgan fingerprint density at radius 3 is 2.75 bits per heavy atom. The number of benzene rings is 1. The number of aromatic nitrogens is 3. The van der Waals surface area contributed by atoms with Crippen LogP contribution in [-0.4, -0.2) is 20.9 Å². The number of carbonyl (C=O) groups is 1. The van der Waals surface area contributed by atoms with Crippen molar-refractivity contribution < 1.29 is 4.79 Å². The first-order chi connectivity index (χ1) is 7.77. The van der Waals surface area contributed by atoms with Crippen molar-refractivity contribution in [1.82, 2.24) is 20.3 Å². The predicted molar refractivity (Wildman–Crippen MR) is 58.6 cm³/mol. The van der Waals surface area contributed by atoms with Crippen molar-refractivity contribution in [3.63, 3.8) is 0 Å². The number of nitrogens with zero attached hydrogens (tertiary/aromatic N) is 3. The highest BCUT2D eigenvalue weighted by Gasteiger charge is 2.05. The lowest BCUT2D eigenvalue weighted by Crippen LogP contribution is -2.23. The van der Waals surface area contributed by atoms with Gasteiger partial charge in [-0.1, -0.05) is 23.4 Å². The number of hydrogen-bond acceptors (Lipinski definition) is 3. The van der Waals surface area contributed by atoms with Crippen LogP contribution in [0.4, 0.5) is 0 Å². The fourth-order valence-electron chi connectivity index (χ4n) is 1.33. The monoisotopic (exact) mass is 216 g/mol. The van der Waals surface area contributed by atoms with Crippen LogP contribution in [0.5, 0.6) is 0 Å². The first kappa shape index (κ1) is 10.4. The van der Waals surface area contributed by atoms with Gasteiger partial charge in [-0.3, -0.25) is 9.48 Å². The minimum Gasteiger partial charge on any atom is -0.346 e. The highest BCUT2D eigenvalue weighted by molar-refractivity contribution is 5.93. The Morgan fingerprint density at radius 2 is 2.12 bits per heavy atom. The highest BCUT2D eigenvalue weighted by atomic mass is 16.1. The van der Waals surface area contributed by atoms with Crippen LogP contribution in [0.15, 0.2) is 36.5 Å². The van der Waals surface area contributed by atoms with E-state index in [-0.39, 0.29) is 5.91 Å². The molecule has 0 atom stereocenters. The lowest BCUT2D eigenvalue weighted by molar-refractivity contribution is 0.0950. The maximum absolute atomic E-state index is 11.7. The fourth-order valence-corrected chi connectivity index (χ4v) is 1.33. The molecule has 1 aromatic heterocycles. The molecule has 0 aliphatic rings. The van der Waals surface area contributed by atoms with E-state index in [0.717, 1.165) is 5.69 Å². The van der Waals surface area contributed by atoms with Gasteiger partial charge in [0.15, 0.2) is 0 Å². The standard InChI is InChI=1S/C11H12N4O/c1-15-10(8-13-14-15)7-12-11(16)9-5-3-2-4-6-9/h2-6,8H,7H2,1H3,(H,12,16). The molecule has 0 unspecified atom stereocenters. The SMILES string of the molecule is Cn1nncc1CNC(=O)c1ccccc1. The normalized spacial score (nSPS) is 10.1. The summed E-state index contributed by atoms with van der Waals surface area (Å²) < 4.78 is 1.63. The van der Waals surface area contributed by atoms with E-state index in [1.54, 1.807) is 30.1 Å². The topological polar surface area (TPSA) is 59.8 Å². The summed E-state index contributed by atoms with van der Waals surface area (Å²) in [4.78, 5) is 11.7. The zero-order valence-corrected chi connectivity index (χ0v) is 8.92. The van der Waals surface area contributed by atoms with Gasteiger partial charge in [-0.25, -0.2) is 0 Å². The lowest BCUT2D eigenvalue weighted by Gasteiger charge is -2.04. The minimum absolute atomic E-state index is 0.0956. The second-order valence-electron chi connectivity index (χ2n) is 3.40. The van der Waals surface area contributed by atoms with E-state index in [1.165, 1.54) is 0 Å². The van der Waals surface area contributed by atoms with Gasteiger partial charge in [0.2, 0.25) is 0 Å². The first-order valence-corrected chi connectivity index (χ1v) is 4.94. The Balaban J connectivity index is 1.97. The van der Waals surface area contributed by atoms with Gasteiger partial charge in [0.05, 0.1) is 18.4 Å². The molecule has 1 aromatic carbocycles. The molecular weight excluding hydrogens is 204 g/mol. The van der Waals surface area contributed by atoms with E-state index in [1.807, 2.05) is 18.2 Å². The van der Waals surface area contributed by atoms with Gasteiger partial charge in [-0.15, -0.1) is 5.10 Å². The average molecular weight is 216 g/mol. The number of carbonyl (C=O) groups excluding carboxylic acids is 1. The summed E-state index contributed by atoms with van der Waals surface area (Å²) in [6, 6.07) is 9.09. The summed E-state index contributed by atoms with van der Waals surface area (Å²) in [5.74, 6) is -0.0956. The molecule has 0 aliphatic carbocycles. The van der Waals surface area contributed by atoms with E-state index in [4.69, 9.17) is 0 Å². The van der Waals surface area contributed by atoms with Crippen molar-refractivity contribution in [2.75, 3.05) is 0 Å². The molecule has 1 heterocycles. The molecule has 1 N–H and O–H groups in total. The van der Waals surface area contributed by atoms with E-state index in [0.29, 0.717) is 12.1 Å². The maximum atomic E-state index is 11.7. The second kappa shape index (κ2) is 4.57. The van der Waals surface area contributed by atoms with Crippen LogP contribution in [0, 0.1) is 0 Å². The molecule has 0 spiro atoms. The molecule has 0 saturated carbocycles. The Hall–Kier alpha value is -2.17. The predicted octanol–water partition coefficient (Wildman–Crippen LogP) is 0.745. The Kier molecular flexibility index (Phi) is 2.95. The maximum Gasteiger partial charge on any atom is 0.251 e. The van der Waals surface area contributed by atoms with E-state index < -0.39 is 0 Å². The highest BCUT2D eigenvalue weighted by Crippen LogP contribution is 1.99. The largest absolute Gasteiger partial charge is 0.346 e. The van der Waals surface area contributed by atoms with Gasteiger partial charge in [-0.2, -0.15) is 0 Å². The fraction of sp³-hybridized carbons (Fsp3) is 0.182. The summed E-state index contributed by atoms with van der Waals surface area (Å²) in [6.45, 7) is 0.428. The molecule has 0 bridgehead atoms. The van der Waals surface area contributed by atoms with Crippen molar-refractivity contribution in [3.8, 4) is 0 Å². The molecule has 0 radical (unpaired) electrons. The summed E-state index contributed by atoms with van der Waals surface area (Å²) in [6.07, 6.45) is 1.63. The summed E-state index contributed by atoms with van der Waals surface area (Å²) >= 11 is 0. The summed E-state index contributed by atoms with van der Waals surface area (Å²) in [5.41, 5.74) is 1.52. The third-order valence-electron chi connectivity index (χ3n) is 2.27. The second-order valence-corrected chi connectivity index (χ2v) is 3.40. The van der Waals surface area contributed by atoms with E-state index in [2.05, 4.69) is 15.6 Å². The number of nitrogens with one attached hydrogen (secondary N) is 1. The van der Waals surface area contributed by atoms with Crippen LogP contribution < -0.4 is 5.32 Å². The zero-order valence-electron chi connectivity index (χ0n) is 8.92. The van der Waals surface area contributed by atoms with E-state index >= 15 is 0 Å². The Bertz CT molecular complexity index is 478. The number of rotatable bonds is 3. The van der Waals surface area contributed by atoms with E-state index in [9.17, 15) is 4.79 Å². The smallest absolute Gasteiger partial charge is 0.251 e. The van der Waals surface area contributed by atoms with Gasteiger partial charge in [0, 0.05) is 12.6 Å². The molecule has 2 rings (SSSR count). The number of amides is 1. The van der Waals surface area contributed by atoms with Crippen molar-refractivity contribution in [3.05, 3.63) is 47.8 Å². The average Bonchev–Trinajstić information content (AvgIpc) is 2.73. The Labute approximate surface area is 93.1 Å². The van der Waals surface area contributed by atoms with Gasteiger partial charge in [0.1, 0.15) is 0 Å². The minimum atomic E-state index is -0.0956. The van der Waals surface area contributed by atoms with Crippen LogP contribution in [-0.2, 0) is 13.6 Å². The number of aryl methyl sites for hydroxylation is 1. The first-order valence-electron chi connectivity index (χ1n) is 4.94. The molecule has 5 nitrogen and oxygen atoms in total. The van der Waals surface area contributed by atoms with Crippen molar-refractivity contribution in [2.45, 2.75) is 6.54 Å². The summed E-state index contributed by atoms with van der Waals surface area (Å²) in [5, 5.41) is 10.3. The Morgan fingerprint density at radius 1 is 1.38 bits per heavy atom. The molecule has 5 heteroatoms. The quantitative estimate of drug-likeness (QED) is 0.823. The molecular formula is C11H12N4O. The van der Waals surface area contributed by atoms with Crippen LogP contribution in [0.1, 0.15) is 16.1 Å². The third-order valence-corrected chi connectivity index (χ3v) is 2.27. The van der Waals surface area contributed by atoms with Crippen molar-refractivity contribution >= 4 is 5.91 Å². The molecule has 0 aliphatic heterocycles. The van der Waals surface area contributed by atoms with Crippen LogP contribution in [0.25, 0.3) is 0 Å². The molecule has 0 fully saturated rings. The van der Waals surface area contributed by atoms with Crippen molar-refractivity contribution in [1.29, 1.82) is 0 Å². The van der Waals surface area contributed by atoms with Crippen LogP contribution in [0.3, 0.4) is 0 Å². The molecule has 2 aromatic rings. The molecule has 0 saturated heterocycles. The third kappa shape index (κ3) is 2.25. The van der Waals surface area contributed by atoms with Crippen LogP contribution >= 0.6 is 0 Å². The summed E-state index contributed by atoms with van der Waals surface area (Å²) in [7, 11) is 1.79.